The van der Waals surface area contributed by atoms with Crippen LogP contribution in [0.5, 0.6) is 0 Å². The number of nitrogens with two attached hydrogens (primary N) is 1. The van der Waals surface area contributed by atoms with E-state index in [0.717, 1.165) is 0 Å². The predicted octanol–water partition coefficient (Wildman–Crippen LogP) is -2.15. The minimum atomic E-state index is -1.29. The molecular weight excluding hydrogens is 400 g/mol. The van der Waals surface area contributed by atoms with E-state index >= 15 is 0 Å². The fourth-order valence-corrected chi connectivity index (χ4v) is 3.71. The first-order valence-corrected chi connectivity index (χ1v) is 10.3. The Kier molecular flexibility index (Phi) is 9.88. The molecule has 174 valence electrons. The summed E-state index contributed by atoms with van der Waals surface area (Å²) in [6.45, 7) is 1.38. The van der Waals surface area contributed by atoms with Gasteiger partial charge in [0, 0.05) is 26.5 Å². The van der Waals surface area contributed by atoms with Gasteiger partial charge in [-0.3, -0.25) is 9.59 Å². The van der Waals surface area contributed by atoms with Gasteiger partial charge in [-0.15, -0.1) is 0 Å². The maximum Gasteiger partial charge on any atom is 0.302 e. The number of amides is 1. The van der Waals surface area contributed by atoms with Crippen molar-refractivity contribution in [3.8, 4) is 0 Å². The molecule has 2 fully saturated rings. The van der Waals surface area contributed by atoms with E-state index in [1.54, 1.807) is 0 Å². The van der Waals surface area contributed by atoms with Gasteiger partial charge in [0.2, 0.25) is 5.91 Å². The Morgan fingerprint density at radius 1 is 1.17 bits per heavy atom. The van der Waals surface area contributed by atoms with Gasteiger partial charge in [0.15, 0.2) is 6.29 Å². The van der Waals surface area contributed by atoms with Gasteiger partial charge >= 0.3 is 5.97 Å². The molecule has 30 heavy (non-hydrogen) atoms. The van der Waals surface area contributed by atoms with Gasteiger partial charge in [-0.2, -0.15) is 0 Å². The molecule has 0 radical (unpaired) electrons. The highest BCUT2D eigenvalue weighted by molar-refractivity contribution is 5.76. The van der Waals surface area contributed by atoms with Crippen molar-refractivity contribution in [2.24, 2.45) is 5.73 Å². The van der Waals surface area contributed by atoms with Crippen LogP contribution in [0.3, 0.4) is 0 Å². The molecule has 0 bridgehead atoms. The number of aliphatic hydroxyl groups excluding tert-OH is 4. The van der Waals surface area contributed by atoms with Crippen LogP contribution >= 0.6 is 0 Å². The highest BCUT2D eigenvalue weighted by atomic mass is 16.7. The molecule has 0 aliphatic carbocycles. The third-order valence-corrected chi connectivity index (χ3v) is 5.44. The molecule has 0 aromatic heterocycles. The minimum absolute atomic E-state index is 0.0884. The third kappa shape index (κ3) is 6.84. The third-order valence-electron chi connectivity index (χ3n) is 5.44. The number of hydrogen-bond acceptors (Lipinski definition) is 10. The molecule has 11 heteroatoms. The summed E-state index contributed by atoms with van der Waals surface area (Å²) < 4.78 is 16.0. The smallest absolute Gasteiger partial charge is 0.302 e. The standard InChI is InChI=1S/C19H34N2O9/c1-11(23)29-10-14-17(26)18(27)16(20)19(30-14)28-6-4-2-3-5-15(25)21-8-13(24)7-12(21)9-22/h12-14,16-19,22,24,26-27H,2-10,20H2,1H3/t12-,13+,14?,16-,17-,18?,19+/m0/s1. The minimum Gasteiger partial charge on any atom is -0.463 e. The monoisotopic (exact) mass is 434 g/mol. The van der Waals surface area contributed by atoms with Gasteiger partial charge in [-0.25, -0.2) is 0 Å². The second-order valence-corrected chi connectivity index (χ2v) is 7.86. The Balaban J connectivity index is 1.66. The van der Waals surface area contributed by atoms with Crippen molar-refractivity contribution < 1.29 is 44.2 Å². The van der Waals surface area contributed by atoms with Crippen LogP contribution in [-0.2, 0) is 23.8 Å². The van der Waals surface area contributed by atoms with Crippen molar-refractivity contribution in [3.05, 3.63) is 0 Å². The van der Waals surface area contributed by atoms with Crippen LogP contribution in [0, 0.1) is 0 Å². The first kappa shape index (κ1) is 24.9. The number of likely N-dealkylation sites (tertiary alicyclic amines) is 1. The Bertz CT molecular complexity index is 564. The molecular formula is C19H34N2O9. The normalized spacial score (nSPS) is 34.2. The number of hydrogen-bond donors (Lipinski definition) is 5. The summed E-state index contributed by atoms with van der Waals surface area (Å²) in [5.74, 6) is -0.620. The Morgan fingerprint density at radius 3 is 2.57 bits per heavy atom. The highest BCUT2D eigenvalue weighted by Crippen LogP contribution is 2.22. The van der Waals surface area contributed by atoms with E-state index < -0.39 is 42.7 Å². The van der Waals surface area contributed by atoms with Gasteiger partial charge in [0.05, 0.1) is 24.8 Å². The number of ether oxygens (including phenoxy) is 3. The molecule has 2 aliphatic rings. The SMILES string of the molecule is CC(=O)OCC1O[C@@H](OCCCCCC(=O)N2C[C@H](O)C[C@H]2CO)[C@@H](N)C(O)[C@H]1O. The largest absolute Gasteiger partial charge is 0.463 e. The van der Waals surface area contributed by atoms with Gasteiger partial charge in [-0.05, 0) is 19.3 Å². The lowest BCUT2D eigenvalue weighted by molar-refractivity contribution is -0.267. The molecule has 7 atom stereocenters. The maximum absolute atomic E-state index is 12.2. The molecule has 11 nitrogen and oxygen atoms in total. The van der Waals surface area contributed by atoms with Crippen molar-refractivity contribution in [2.45, 2.75) is 81.8 Å². The lowest BCUT2D eigenvalue weighted by Crippen LogP contribution is -2.62. The van der Waals surface area contributed by atoms with E-state index in [9.17, 15) is 30.0 Å². The van der Waals surface area contributed by atoms with Crippen LogP contribution in [0.2, 0.25) is 0 Å². The molecule has 0 saturated carbocycles. The summed E-state index contributed by atoms with van der Waals surface area (Å²) in [4.78, 5) is 24.7. The van der Waals surface area contributed by atoms with Crippen molar-refractivity contribution >= 4 is 11.9 Å². The summed E-state index contributed by atoms with van der Waals surface area (Å²) in [5, 5.41) is 39.0. The summed E-state index contributed by atoms with van der Waals surface area (Å²) in [6.07, 6.45) is -2.39. The number of aliphatic hydroxyl groups is 4. The first-order chi connectivity index (χ1) is 14.2. The summed E-state index contributed by atoms with van der Waals surface area (Å²) >= 11 is 0. The zero-order valence-electron chi connectivity index (χ0n) is 17.3. The maximum atomic E-state index is 12.2. The number of esters is 1. The van der Waals surface area contributed by atoms with Gasteiger partial charge < -0.3 is 45.3 Å². The fraction of sp³-hybridized carbons (Fsp3) is 0.895. The summed E-state index contributed by atoms with van der Waals surface area (Å²) in [5.41, 5.74) is 5.86. The van der Waals surface area contributed by atoms with Gasteiger partial charge in [0.1, 0.15) is 24.9 Å². The fourth-order valence-electron chi connectivity index (χ4n) is 3.71. The number of nitrogens with zero attached hydrogens (tertiary/aromatic N) is 1. The topological polar surface area (TPSA) is 172 Å². The van der Waals surface area contributed by atoms with Crippen molar-refractivity contribution in [2.75, 3.05) is 26.4 Å². The molecule has 1 amide bonds. The van der Waals surface area contributed by atoms with E-state index in [-0.39, 0.29) is 38.3 Å². The van der Waals surface area contributed by atoms with E-state index in [1.807, 2.05) is 0 Å². The number of rotatable bonds is 10. The van der Waals surface area contributed by atoms with Crippen LogP contribution in [0.4, 0.5) is 0 Å². The van der Waals surface area contributed by atoms with Crippen molar-refractivity contribution in [3.63, 3.8) is 0 Å². The second-order valence-electron chi connectivity index (χ2n) is 7.86. The zero-order valence-corrected chi connectivity index (χ0v) is 17.3. The predicted molar refractivity (Wildman–Crippen MR) is 103 cm³/mol. The molecule has 2 rings (SSSR count). The molecule has 0 aromatic carbocycles. The highest BCUT2D eigenvalue weighted by Gasteiger charge is 2.43. The number of β-amino-alcohol motifs (C(OH)–C–C–N with tert-alkyl or cyclic N) is 1. The lowest BCUT2D eigenvalue weighted by Gasteiger charge is -2.40. The average molecular weight is 434 g/mol. The molecule has 2 heterocycles. The summed E-state index contributed by atoms with van der Waals surface area (Å²) in [7, 11) is 0. The molecule has 2 unspecified atom stereocenters. The van der Waals surface area contributed by atoms with Gasteiger partial charge in [0.25, 0.3) is 0 Å². The van der Waals surface area contributed by atoms with E-state index in [2.05, 4.69) is 0 Å². The molecule has 0 spiro atoms. The van der Waals surface area contributed by atoms with Crippen LogP contribution in [0.25, 0.3) is 0 Å². The molecule has 6 N–H and O–H groups in total. The van der Waals surface area contributed by atoms with Crippen LogP contribution in [-0.4, -0.2) is 106 Å². The van der Waals surface area contributed by atoms with E-state index in [0.29, 0.717) is 32.1 Å². The number of carbonyl (C=O) groups is 2. The average Bonchev–Trinajstić information content (AvgIpc) is 3.10. The van der Waals surface area contributed by atoms with Crippen molar-refractivity contribution in [1.82, 2.24) is 4.90 Å². The Labute approximate surface area is 175 Å². The number of unbranched alkanes of at least 4 members (excludes halogenated alkanes) is 2. The Hall–Kier alpha value is -1.34. The van der Waals surface area contributed by atoms with Gasteiger partial charge in [-0.1, -0.05) is 6.42 Å². The second kappa shape index (κ2) is 11.9. The quantitative estimate of drug-likeness (QED) is 0.189. The van der Waals surface area contributed by atoms with Crippen LogP contribution in [0.15, 0.2) is 0 Å². The van der Waals surface area contributed by atoms with Crippen molar-refractivity contribution in [1.29, 1.82) is 0 Å². The zero-order chi connectivity index (χ0) is 22.3. The number of carbonyl (C=O) groups excluding carboxylic acids is 2. The van der Waals surface area contributed by atoms with Crippen LogP contribution < -0.4 is 5.73 Å². The summed E-state index contributed by atoms with van der Waals surface area (Å²) in [6, 6.07) is -1.27. The van der Waals surface area contributed by atoms with E-state index in [4.69, 9.17) is 19.9 Å². The van der Waals surface area contributed by atoms with Crippen LogP contribution in [0.1, 0.15) is 39.0 Å². The first-order valence-electron chi connectivity index (χ1n) is 10.3. The molecule has 2 aliphatic heterocycles. The molecule has 2 saturated heterocycles. The lowest BCUT2D eigenvalue weighted by atomic mass is 9.98. The van der Waals surface area contributed by atoms with E-state index in [1.165, 1.54) is 11.8 Å². The Morgan fingerprint density at radius 2 is 1.90 bits per heavy atom. The molecule has 0 aromatic rings.